The molecule has 1 amide bonds. The highest BCUT2D eigenvalue weighted by atomic mass is 35.5. The zero-order valence-corrected chi connectivity index (χ0v) is 18.6. The fourth-order valence-electron chi connectivity index (χ4n) is 3.84. The number of hydrogen-bond donors (Lipinski definition) is 0. The molecule has 0 fully saturated rings. The van der Waals surface area contributed by atoms with Gasteiger partial charge in [-0.2, -0.15) is 0 Å². The summed E-state index contributed by atoms with van der Waals surface area (Å²) in [6.07, 6.45) is 1.65. The molecule has 1 aliphatic rings. The predicted molar refractivity (Wildman–Crippen MR) is 125 cm³/mol. The minimum Gasteiger partial charge on any atom is -0.490 e. The third-order valence-corrected chi connectivity index (χ3v) is 6.38. The molecular weight excluding hydrogens is 448 g/mol. The number of amides is 1. The summed E-state index contributed by atoms with van der Waals surface area (Å²) in [7, 11) is 0. The van der Waals surface area contributed by atoms with Crippen LogP contribution >= 0.6 is 22.9 Å². The van der Waals surface area contributed by atoms with Gasteiger partial charge in [0.15, 0.2) is 10.6 Å². The van der Waals surface area contributed by atoms with E-state index in [0.29, 0.717) is 39.0 Å². The molecule has 0 bridgehead atoms. The van der Waals surface area contributed by atoms with Gasteiger partial charge in [-0.1, -0.05) is 36.4 Å². The van der Waals surface area contributed by atoms with Gasteiger partial charge in [0.2, 0.25) is 5.76 Å². The first-order valence-corrected chi connectivity index (χ1v) is 11.1. The number of nitrogens with zero attached hydrogens (tertiary/aromatic N) is 2. The Labute approximate surface area is 192 Å². The molecule has 2 aromatic heterocycles. The van der Waals surface area contributed by atoms with Crippen molar-refractivity contribution in [1.29, 1.82) is 0 Å². The van der Waals surface area contributed by atoms with Gasteiger partial charge in [0, 0.05) is 10.4 Å². The molecule has 5 rings (SSSR count). The first kappa shape index (κ1) is 20.5. The van der Waals surface area contributed by atoms with E-state index in [4.69, 9.17) is 20.8 Å². The second kappa shape index (κ2) is 7.93. The maximum atomic E-state index is 13.6. The average Bonchev–Trinajstić information content (AvgIpc) is 3.34. The lowest BCUT2D eigenvalue weighted by molar-refractivity contribution is 0.0971. The van der Waals surface area contributed by atoms with Crippen LogP contribution in [0, 0.1) is 6.92 Å². The molecule has 0 N–H and O–H groups in total. The molecule has 160 valence electrons. The third-order valence-electron chi connectivity index (χ3n) is 5.19. The van der Waals surface area contributed by atoms with Crippen LogP contribution in [0.1, 0.15) is 33.4 Å². The minimum atomic E-state index is -0.713. The quantitative estimate of drug-likeness (QED) is 0.363. The Balaban J connectivity index is 1.77. The van der Waals surface area contributed by atoms with Crippen molar-refractivity contribution >= 4 is 44.9 Å². The predicted octanol–water partition coefficient (Wildman–Crippen LogP) is 5.53. The van der Waals surface area contributed by atoms with E-state index in [9.17, 15) is 9.59 Å². The van der Waals surface area contributed by atoms with Crippen molar-refractivity contribution in [3.05, 3.63) is 98.3 Å². The molecule has 0 saturated carbocycles. The van der Waals surface area contributed by atoms with E-state index >= 15 is 0 Å². The third kappa shape index (κ3) is 3.30. The van der Waals surface area contributed by atoms with Crippen LogP contribution in [-0.4, -0.2) is 17.5 Å². The first-order valence-electron chi connectivity index (χ1n) is 9.83. The fourth-order valence-corrected chi connectivity index (χ4v) is 4.84. The number of aromatic nitrogens is 1. The van der Waals surface area contributed by atoms with E-state index in [2.05, 4.69) is 11.6 Å². The van der Waals surface area contributed by atoms with Crippen LogP contribution in [0.25, 0.3) is 11.0 Å². The smallest absolute Gasteiger partial charge is 0.297 e. The van der Waals surface area contributed by atoms with Crippen LogP contribution < -0.4 is 15.1 Å². The summed E-state index contributed by atoms with van der Waals surface area (Å²) in [6, 6.07) is 11.4. The molecule has 2 aromatic carbocycles. The van der Waals surface area contributed by atoms with E-state index in [0.717, 1.165) is 5.69 Å². The molecule has 1 aliphatic heterocycles. The molecule has 0 unspecified atom stereocenters. The van der Waals surface area contributed by atoms with Crippen LogP contribution in [-0.2, 0) is 0 Å². The molecule has 4 aromatic rings. The molecule has 1 atom stereocenters. The van der Waals surface area contributed by atoms with Crippen molar-refractivity contribution in [3.63, 3.8) is 0 Å². The number of carbonyl (C=O) groups excluding carboxylic acids is 1. The van der Waals surface area contributed by atoms with E-state index in [-0.39, 0.29) is 16.8 Å². The number of benzene rings is 2. The number of rotatable bonds is 5. The van der Waals surface area contributed by atoms with Crippen molar-refractivity contribution in [1.82, 2.24) is 4.98 Å². The number of carbonyl (C=O) groups is 1. The maximum absolute atomic E-state index is 13.6. The van der Waals surface area contributed by atoms with Gasteiger partial charge >= 0.3 is 0 Å². The lowest BCUT2D eigenvalue weighted by atomic mass is 9.98. The molecule has 0 spiro atoms. The second-order valence-electron chi connectivity index (χ2n) is 7.34. The number of anilines is 1. The van der Waals surface area contributed by atoms with Crippen molar-refractivity contribution in [2.24, 2.45) is 0 Å². The Hall–Kier alpha value is -3.42. The Morgan fingerprint density at radius 1 is 1.28 bits per heavy atom. The number of ether oxygens (including phenoxy) is 1. The lowest BCUT2D eigenvalue weighted by Crippen LogP contribution is -2.29. The van der Waals surface area contributed by atoms with E-state index < -0.39 is 11.9 Å². The van der Waals surface area contributed by atoms with E-state index in [1.807, 2.05) is 36.6 Å². The molecule has 8 heteroatoms. The van der Waals surface area contributed by atoms with Gasteiger partial charge in [-0.15, -0.1) is 11.3 Å². The lowest BCUT2D eigenvalue weighted by Gasteiger charge is -2.23. The summed E-state index contributed by atoms with van der Waals surface area (Å²) in [5.74, 6) is 0.206. The molecule has 3 heterocycles. The van der Waals surface area contributed by atoms with Crippen LogP contribution in [0.3, 0.4) is 0 Å². The first-order chi connectivity index (χ1) is 15.5. The SMILES string of the molecule is C=CCOc1cccc([C@@H]2c3c(oc4ccc(Cl)cc4c3=O)C(=O)N2c2nc(C)cs2)c1. The van der Waals surface area contributed by atoms with Gasteiger partial charge in [0.05, 0.1) is 22.7 Å². The van der Waals surface area contributed by atoms with Gasteiger partial charge in [-0.05, 0) is 42.8 Å². The summed E-state index contributed by atoms with van der Waals surface area (Å²) in [4.78, 5) is 33.1. The fraction of sp³-hybridized carbons (Fsp3) is 0.125. The van der Waals surface area contributed by atoms with Crippen LogP contribution in [0.4, 0.5) is 5.13 Å². The van der Waals surface area contributed by atoms with E-state index in [1.54, 1.807) is 24.3 Å². The molecule has 0 radical (unpaired) electrons. The number of thiazole rings is 1. The summed E-state index contributed by atoms with van der Waals surface area (Å²) >= 11 is 7.46. The van der Waals surface area contributed by atoms with Crippen molar-refractivity contribution in [2.75, 3.05) is 11.5 Å². The van der Waals surface area contributed by atoms with E-state index in [1.165, 1.54) is 16.2 Å². The largest absolute Gasteiger partial charge is 0.490 e. The summed E-state index contributed by atoms with van der Waals surface area (Å²) in [5, 5.41) is 3.09. The van der Waals surface area contributed by atoms with Crippen molar-refractivity contribution in [2.45, 2.75) is 13.0 Å². The Morgan fingerprint density at radius 2 is 2.12 bits per heavy atom. The molecule has 6 nitrogen and oxygen atoms in total. The highest BCUT2D eigenvalue weighted by Crippen LogP contribution is 2.42. The van der Waals surface area contributed by atoms with Crippen molar-refractivity contribution in [3.8, 4) is 5.75 Å². The zero-order chi connectivity index (χ0) is 22.4. The summed E-state index contributed by atoms with van der Waals surface area (Å²) < 4.78 is 11.6. The number of halogens is 1. The van der Waals surface area contributed by atoms with Gasteiger partial charge in [-0.25, -0.2) is 4.98 Å². The Bertz CT molecular complexity index is 1440. The molecule has 0 saturated heterocycles. The average molecular weight is 465 g/mol. The van der Waals surface area contributed by atoms with Crippen LogP contribution in [0.15, 0.2) is 69.7 Å². The topological polar surface area (TPSA) is 72.6 Å². The highest BCUT2D eigenvalue weighted by Gasteiger charge is 2.45. The summed E-state index contributed by atoms with van der Waals surface area (Å²) in [5.41, 5.74) is 1.77. The Morgan fingerprint density at radius 3 is 2.88 bits per heavy atom. The maximum Gasteiger partial charge on any atom is 0.297 e. The second-order valence-corrected chi connectivity index (χ2v) is 8.61. The van der Waals surface area contributed by atoms with Gasteiger partial charge in [-0.3, -0.25) is 14.5 Å². The number of hydrogen-bond acceptors (Lipinski definition) is 6. The normalized spacial score (nSPS) is 15.2. The number of fused-ring (bicyclic) bond motifs is 2. The molecular formula is C24H17ClN2O4S. The zero-order valence-electron chi connectivity index (χ0n) is 17.0. The molecule has 0 aliphatic carbocycles. The Kier molecular flexibility index (Phi) is 5.07. The van der Waals surface area contributed by atoms with Crippen LogP contribution in [0.5, 0.6) is 5.75 Å². The minimum absolute atomic E-state index is 0.0140. The molecule has 32 heavy (non-hydrogen) atoms. The monoisotopic (exact) mass is 464 g/mol. The number of aryl methyl sites for hydroxylation is 1. The van der Waals surface area contributed by atoms with Gasteiger partial charge in [0.25, 0.3) is 5.91 Å². The van der Waals surface area contributed by atoms with Gasteiger partial charge in [0.1, 0.15) is 17.9 Å². The summed E-state index contributed by atoms with van der Waals surface area (Å²) in [6.45, 7) is 5.86. The van der Waals surface area contributed by atoms with Crippen molar-refractivity contribution < 1.29 is 13.9 Å². The van der Waals surface area contributed by atoms with Gasteiger partial charge < -0.3 is 9.15 Å². The highest BCUT2D eigenvalue weighted by molar-refractivity contribution is 7.14. The standard InChI is InChI=1S/C24H17ClN2O4S/c1-3-9-30-16-6-4-5-14(10-16)20-19-21(28)17-11-15(25)7-8-18(17)31-22(19)23(29)27(20)24-26-13(2)12-32-24/h3-8,10-12,20H,1,9H2,2H3/t20-/m1/s1. The van der Waals surface area contributed by atoms with Crippen LogP contribution in [0.2, 0.25) is 5.02 Å².